The van der Waals surface area contributed by atoms with E-state index in [4.69, 9.17) is 0 Å². The van der Waals surface area contributed by atoms with Gasteiger partial charge in [-0.25, -0.2) is 0 Å². The van der Waals surface area contributed by atoms with E-state index in [2.05, 4.69) is 51.8 Å². The van der Waals surface area contributed by atoms with E-state index in [0.29, 0.717) is 12.1 Å². The second-order valence-electron chi connectivity index (χ2n) is 5.93. The third-order valence-corrected chi connectivity index (χ3v) is 3.21. The van der Waals surface area contributed by atoms with Crippen molar-refractivity contribution in [1.82, 2.24) is 10.2 Å². The van der Waals surface area contributed by atoms with Crippen LogP contribution in [0.1, 0.15) is 60.8 Å². The summed E-state index contributed by atoms with van der Waals surface area (Å²) in [5.74, 6) is 0.762. The Morgan fingerprint density at radius 1 is 1.00 bits per heavy atom. The van der Waals surface area contributed by atoms with Crippen molar-refractivity contribution < 1.29 is 0 Å². The smallest absolute Gasteiger partial charge is 0.00702 e. The lowest BCUT2D eigenvalue weighted by atomic mass is 10.1. The van der Waals surface area contributed by atoms with Gasteiger partial charge in [0.25, 0.3) is 0 Å². The highest BCUT2D eigenvalue weighted by molar-refractivity contribution is 4.72. The van der Waals surface area contributed by atoms with Gasteiger partial charge in [0.1, 0.15) is 0 Å². The summed E-state index contributed by atoms with van der Waals surface area (Å²) >= 11 is 0. The molecular weight excluding hydrogens is 208 g/mol. The van der Waals surface area contributed by atoms with Gasteiger partial charge in [0.2, 0.25) is 0 Å². The maximum absolute atomic E-state index is 3.48. The monoisotopic (exact) mass is 242 g/mol. The van der Waals surface area contributed by atoms with Gasteiger partial charge in [-0.2, -0.15) is 0 Å². The Morgan fingerprint density at radius 3 is 2.12 bits per heavy atom. The minimum atomic E-state index is 0.663. The van der Waals surface area contributed by atoms with Crippen LogP contribution in [0.5, 0.6) is 0 Å². The molecule has 0 aliphatic rings. The van der Waals surface area contributed by atoms with E-state index >= 15 is 0 Å². The van der Waals surface area contributed by atoms with E-state index < -0.39 is 0 Å². The zero-order valence-corrected chi connectivity index (χ0v) is 12.9. The maximum Gasteiger partial charge on any atom is 0.00702 e. The van der Waals surface area contributed by atoms with Crippen molar-refractivity contribution in [2.45, 2.75) is 72.9 Å². The van der Waals surface area contributed by atoms with Crippen LogP contribution in [0.25, 0.3) is 0 Å². The van der Waals surface area contributed by atoms with Crippen LogP contribution in [0, 0.1) is 5.92 Å². The molecule has 0 aromatic heterocycles. The van der Waals surface area contributed by atoms with Crippen molar-refractivity contribution in [2.75, 3.05) is 19.6 Å². The first-order valence-corrected chi connectivity index (χ1v) is 7.45. The van der Waals surface area contributed by atoms with Crippen LogP contribution < -0.4 is 5.32 Å². The van der Waals surface area contributed by atoms with E-state index in [1.807, 2.05) is 0 Å². The van der Waals surface area contributed by atoms with Gasteiger partial charge >= 0.3 is 0 Å². The third kappa shape index (κ3) is 8.62. The fourth-order valence-electron chi connectivity index (χ4n) is 2.31. The number of nitrogens with zero attached hydrogens (tertiary/aromatic N) is 1. The molecular formula is C15H34N2. The molecule has 0 aromatic rings. The van der Waals surface area contributed by atoms with Crippen LogP contribution in [-0.2, 0) is 0 Å². The lowest BCUT2D eigenvalue weighted by molar-refractivity contribution is 0.136. The molecule has 17 heavy (non-hydrogen) atoms. The minimum Gasteiger partial charge on any atom is -0.317 e. The Hall–Kier alpha value is -0.0800. The summed E-state index contributed by atoms with van der Waals surface area (Å²) in [6.45, 7) is 17.4. The molecule has 0 aromatic carbocycles. The van der Waals surface area contributed by atoms with E-state index in [0.717, 1.165) is 12.5 Å². The second-order valence-corrected chi connectivity index (χ2v) is 5.93. The van der Waals surface area contributed by atoms with Gasteiger partial charge in [-0.15, -0.1) is 0 Å². The quantitative estimate of drug-likeness (QED) is 0.590. The summed E-state index contributed by atoms with van der Waals surface area (Å²) in [4.78, 5) is 2.64. The molecule has 2 nitrogen and oxygen atoms in total. The molecule has 0 bridgehead atoms. The van der Waals surface area contributed by atoms with Gasteiger partial charge in [-0.3, -0.25) is 4.90 Å². The largest absolute Gasteiger partial charge is 0.317 e. The molecule has 2 heteroatoms. The van der Waals surface area contributed by atoms with Gasteiger partial charge in [0, 0.05) is 18.6 Å². The molecule has 1 unspecified atom stereocenters. The van der Waals surface area contributed by atoms with Crippen LogP contribution in [0.4, 0.5) is 0 Å². The molecule has 0 fully saturated rings. The fraction of sp³-hybridized carbons (Fsp3) is 1.00. The van der Waals surface area contributed by atoms with Gasteiger partial charge in [0.05, 0.1) is 0 Å². The zero-order chi connectivity index (χ0) is 13.3. The van der Waals surface area contributed by atoms with Crippen molar-refractivity contribution >= 4 is 0 Å². The summed E-state index contributed by atoms with van der Waals surface area (Å²) < 4.78 is 0. The van der Waals surface area contributed by atoms with Crippen LogP contribution in [0.15, 0.2) is 0 Å². The van der Waals surface area contributed by atoms with Crippen molar-refractivity contribution in [3.8, 4) is 0 Å². The lowest BCUT2D eigenvalue weighted by Crippen LogP contribution is -2.41. The highest BCUT2D eigenvalue weighted by atomic mass is 15.2. The first kappa shape index (κ1) is 16.9. The van der Waals surface area contributed by atoms with Crippen molar-refractivity contribution in [1.29, 1.82) is 0 Å². The Bertz CT molecular complexity index is 166. The predicted octanol–water partition coefficient (Wildman–Crippen LogP) is 3.52. The van der Waals surface area contributed by atoms with E-state index in [1.165, 1.54) is 32.4 Å². The van der Waals surface area contributed by atoms with E-state index in [1.54, 1.807) is 0 Å². The minimum absolute atomic E-state index is 0.663. The van der Waals surface area contributed by atoms with Gasteiger partial charge in [-0.1, -0.05) is 20.8 Å². The molecule has 0 saturated carbocycles. The molecule has 0 rings (SSSR count). The SMILES string of the molecule is CCCNCCCC(C)N(CC(C)C)C(C)C. The average molecular weight is 242 g/mol. The first-order chi connectivity index (χ1) is 7.99. The molecule has 0 heterocycles. The molecule has 0 spiro atoms. The molecule has 1 N–H and O–H groups in total. The zero-order valence-electron chi connectivity index (χ0n) is 12.9. The Kier molecular flexibility index (Phi) is 9.85. The second kappa shape index (κ2) is 9.90. The van der Waals surface area contributed by atoms with Crippen molar-refractivity contribution in [3.05, 3.63) is 0 Å². The highest BCUT2D eigenvalue weighted by Crippen LogP contribution is 2.13. The van der Waals surface area contributed by atoms with Gasteiger partial charge in [0.15, 0.2) is 0 Å². The average Bonchev–Trinajstić information content (AvgIpc) is 2.24. The summed E-state index contributed by atoms with van der Waals surface area (Å²) in [6.07, 6.45) is 3.84. The standard InChI is InChI=1S/C15H34N2/c1-7-10-16-11-8-9-15(6)17(14(4)5)12-13(2)3/h13-16H,7-12H2,1-6H3. The summed E-state index contributed by atoms with van der Waals surface area (Å²) in [5, 5.41) is 3.48. The Balaban J connectivity index is 3.85. The predicted molar refractivity (Wildman–Crippen MR) is 78.5 cm³/mol. The Labute approximate surface area is 109 Å². The summed E-state index contributed by atoms with van der Waals surface area (Å²) in [7, 11) is 0. The Morgan fingerprint density at radius 2 is 1.65 bits per heavy atom. The van der Waals surface area contributed by atoms with Crippen LogP contribution in [0.3, 0.4) is 0 Å². The van der Waals surface area contributed by atoms with Crippen molar-refractivity contribution in [2.24, 2.45) is 5.92 Å². The molecule has 1 atom stereocenters. The van der Waals surface area contributed by atoms with Gasteiger partial charge in [-0.05, 0) is 59.0 Å². The number of hydrogen-bond donors (Lipinski definition) is 1. The molecule has 0 aliphatic heterocycles. The first-order valence-electron chi connectivity index (χ1n) is 7.45. The van der Waals surface area contributed by atoms with Crippen LogP contribution in [-0.4, -0.2) is 36.6 Å². The number of rotatable bonds is 10. The molecule has 0 amide bonds. The molecule has 0 saturated heterocycles. The van der Waals surface area contributed by atoms with Crippen molar-refractivity contribution in [3.63, 3.8) is 0 Å². The van der Waals surface area contributed by atoms with Crippen LogP contribution in [0.2, 0.25) is 0 Å². The number of hydrogen-bond acceptors (Lipinski definition) is 2. The van der Waals surface area contributed by atoms with Gasteiger partial charge < -0.3 is 5.32 Å². The molecule has 0 radical (unpaired) electrons. The van der Waals surface area contributed by atoms with E-state index in [9.17, 15) is 0 Å². The number of nitrogens with one attached hydrogen (secondary N) is 1. The van der Waals surface area contributed by atoms with E-state index in [-0.39, 0.29) is 0 Å². The molecule has 104 valence electrons. The lowest BCUT2D eigenvalue weighted by Gasteiger charge is -2.34. The third-order valence-electron chi connectivity index (χ3n) is 3.21. The van der Waals surface area contributed by atoms with Crippen LogP contribution >= 0.6 is 0 Å². The normalized spacial score (nSPS) is 13.9. The summed E-state index contributed by atoms with van der Waals surface area (Å²) in [6, 6.07) is 1.37. The highest BCUT2D eigenvalue weighted by Gasteiger charge is 2.17. The molecule has 0 aliphatic carbocycles. The maximum atomic E-state index is 3.48. The topological polar surface area (TPSA) is 15.3 Å². The fourth-order valence-corrected chi connectivity index (χ4v) is 2.31. The summed E-state index contributed by atoms with van der Waals surface area (Å²) in [5.41, 5.74) is 0.